The zero-order valence-corrected chi connectivity index (χ0v) is 6.50. The standard InChI is InChI=1S/C5H4BrN3O/c6-5-8-1-3(2-9-5)4(7)10/h1-2H,(H2,7,10). The van der Waals surface area contributed by atoms with Crippen molar-refractivity contribution in [1.82, 2.24) is 9.97 Å². The number of hydrogen-bond acceptors (Lipinski definition) is 3. The van der Waals surface area contributed by atoms with Crippen molar-refractivity contribution in [1.29, 1.82) is 0 Å². The van der Waals surface area contributed by atoms with Gasteiger partial charge in [-0.1, -0.05) is 0 Å². The number of rotatable bonds is 1. The molecule has 5 heteroatoms. The minimum atomic E-state index is -0.521. The van der Waals surface area contributed by atoms with Gasteiger partial charge in [0, 0.05) is 12.4 Å². The lowest BCUT2D eigenvalue weighted by Gasteiger charge is -1.91. The molecule has 0 radical (unpaired) electrons. The highest BCUT2D eigenvalue weighted by Gasteiger charge is 1.98. The molecule has 1 rings (SSSR count). The van der Waals surface area contributed by atoms with Crippen molar-refractivity contribution >= 4 is 21.8 Å². The highest BCUT2D eigenvalue weighted by molar-refractivity contribution is 9.10. The molecule has 0 atom stereocenters. The molecule has 0 unspecified atom stereocenters. The maximum Gasteiger partial charge on any atom is 0.251 e. The van der Waals surface area contributed by atoms with Gasteiger partial charge in [0.1, 0.15) is 0 Å². The van der Waals surface area contributed by atoms with Crippen molar-refractivity contribution < 1.29 is 4.79 Å². The summed E-state index contributed by atoms with van der Waals surface area (Å²) in [4.78, 5) is 17.8. The van der Waals surface area contributed by atoms with Gasteiger partial charge in [-0.2, -0.15) is 0 Å². The van der Waals surface area contributed by atoms with Crippen molar-refractivity contribution in [3.8, 4) is 0 Å². The minimum absolute atomic E-state index is 0.309. The molecule has 0 saturated heterocycles. The lowest BCUT2D eigenvalue weighted by atomic mass is 10.3. The Hall–Kier alpha value is -0.970. The molecule has 0 spiro atoms. The lowest BCUT2D eigenvalue weighted by Crippen LogP contribution is -2.11. The molecule has 1 aromatic rings. The first-order valence-corrected chi connectivity index (χ1v) is 3.27. The van der Waals surface area contributed by atoms with E-state index in [4.69, 9.17) is 5.73 Å². The van der Waals surface area contributed by atoms with Gasteiger partial charge in [-0.25, -0.2) is 9.97 Å². The van der Waals surface area contributed by atoms with Gasteiger partial charge in [0.15, 0.2) is 4.73 Å². The van der Waals surface area contributed by atoms with Crippen molar-refractivity contribution in [3.63, 3.8) is 0 Å². The number of halogens is 1. The summed E-state index contributed by atoms with van der Waals surface area (Å²) in [5.74, 6) is -0.521. The molecular formula is C5H4BrN3O. The fraction of sp³-hybridized carbons (Fsp3) is 0. The molecule has 0 aliphatic rings. The Morgan fingerprint density at radius 3 is 2.40 bits per heavy atom. The number of hydrogen-bond donors (Lipinski definition) is 1. The molecule has 10 heavy (non-hydrogen) atoms. The summed E-state index contributed by atoms with van der Waals surface area (Å²) in [7, 11) is 0. The second-order valence-electron chi connectivity index (χ2n) is 1.61. The van der Waals surface area contributed by atoms with Gasteiger partial charge in [0.2, 0.25) is 0 Å². The molecule has 4 nitrogen and oxygen atoms in total. The highest BCUT2D eigenvalue weighted by atomic mass is 79.9. The van der Waals surface area contributed by atoms with Gasteiger partial charge in [-0.15, -0.1) is 0 Å². The maximum atomic E-state index is 10.4. The topological polar surface area (TPSA) is 68.9 Å². The van der Waals surface area contributed by atoms with Crippen LogP contribution in [0.2, 0.25) is 0 Å². The number of carbonyl (C=O) groups excluding carboxylic acids is 1. The first kappa shape index (κ1) is 7.14. The van der Waals surface area contributed by atoms with E-state index in [9.17, 15) is 4.79 Å². The van der Waals surface area contributed by atoms with Crippen LogP contribution in [0.3, 0.4) is 0 Å². The molecule has 0 saturated carbocycles. The smallest absolute Gasteiger partial charge is 0.251 e. The predicted octanol–water partition coefficient (Wildman–Crippen LogP) is 0.338. The summed E-state index contributed by atoms with van der Waals surface area (Å²) in [6.45, 7) is 0. The number of nitrogens with two attached hydrogens (primary N) is 1. The Morgan fingerprint density at radius 1 is 1.50 bits per heavy atom. The van der Waals surface area contributed by atoms with E-state index in [0.717, 1.165) is 0 Å². The van der Waals surface area contributed by atoms with Gasteiger partial charge in [0.25, 0.3) is 5.91 Å². The highest BCUT2D eigenvalue weighted by Crippen LogP contribution is 2.00. The number of aromatic nitrogens is 2. The third-order valence-corrected chi connectivity index (χ3v) is 1.31. The van der Waals surface area contributed by atoms with Gasteiger partial charge in [-0.05, 0) is 15.9 Å². The average molecular weight is 202 g/mol. The molecule has 1 aromatic heterocycles. The van der Waals surface area contributed by atoms with E-state index in [-0.39, 0.29) is 0 Å². The summed E-state index contributed by atoms with van der Waals surface area (Å²) in [5, 5.41) is 0. The Bertz CT molecular complexity index is 246. The normalized spacial score (nSPS) is 9.30. The Labute approximate surface area is 65.6 Å². The van der Waals surface area contributed by atoms with E-state index in [1.165, 1.54) is 12.4 Å². The minimum Gasteiger partial charge on any atom is -0.366 e. The van der Waals surface area contributed by atoms with Crippen LogP contribution in [-0.4, -0.2) is 15.9 Å². The van der Waals surface area contributed by atoms with Crippen LogP contribution in [0.25, 0.3) is 0 Å². The van der Waals surface area contributed by atoms with Crippen LogP contribution in [-0.2, 0) is 0 Å². The Balaban J connectivity index is 3.00. The second kappa shape index (κ2) is 2.74. The van der Waals surface area contributed by atoms with Gasteiger partial charge >= 0.3 is 0 Å². The molecule has 0 bridgehead atoms. The predicted molar refractivity (Wildman–Crippen MR) is 38.2 cm³/mol. The lowest BCUT2D eigenvalue weighted by molar-refractivity contribution is 0.0999. The van der Waals surface area contributed by atoms with E-state index in [0.29, 0.717) is 10.3 Å². The van der Waals surface area contributed by atoms with E-state index < -0.39 is 5.91 Å². The van der Waals surface area contributed by atoms with Crippen LogP contribution < -0.4 is 5.73 Å². The molecule has 0 aliphatic heterocycles. The molecule has 1 amide bonds. The Kier molecular flexibility index (Phi) is 1.96. The summed E-state index contributed by atoms with van der Waals surface area (Å²) >= 11 is 3.02. The first-order chi connectivity index (χ1) is 4.70. The molecule has 2 N–H and O–H groups in total. The van der Waals surface area contributed by atoms with Crippen molar-refractivity contribution in [2.24, 2.45) is 5.73 Å². The monoisotopic (exact) mass is 201 g/mol. The van der Waals surface area contributed by atoms with Crippen molar-refractivity contribution in [2.45, 2.75) is 0 Å². The van der Waals surface area contributed by atoms with E-state index >= 15 is 0 Å². The zero-order valence-electron chi connectivity index (χ0n) is 4.91. The van der Waals surface area contributed by atoms with E-state index in [2.05, 4.69) is 25.9 Å². The van der Waals surface area contributed by atoms with Gasteiger partial charge in [0.05, 0.1) is 5.56 Å². The molecule has 0 fully saturated rings. The van der Waals surface area contributed by atoms with Crippen molar-refractivity contribution in [2.75, 3.05) is 0 Å². The van der Waals surface area contributed by atoms with Crippen LogP contribution >= 0.6 is 15.9 Å². The summed E-state index contributed by atoms with van der Waals surface area (Å²) in [6, 6.07) is 0. The fourth-order valence-electron chi connectivity index (χ4n) is 0.440. The molecule has 52 valence electrons. The van der Waals surface area contributed by atoms with E-state index in [1.807, 2.05) is 0 Å². The van der Waals surface area contributed by atoms with Gasteiger partial charge < -0.3 is 5.73 Å². The number of nitrogens with zero attached hydrogens (tertiary/aromatic N) is 2. The number of carbonyl (C=O) groups is 1. The quantitative estimate of drug-likeness (QED) is 0.667. The fourth-order valence-corrected chi connectivity index (χ4v) is 0.644. The third kappa shape index (κ3) is 1.51. The molecular weight excluding hydrogens is 198 g/mol. The molecule has 1 heterocycles. The van der Waals surface area contributed by atoms with Crippen LogP contribution in [0.5, 0.6) is 0 Å². The van der Waals surface area contributed by atoms with Gasteiger partial charge in [-0.3, -0.25) is 4.79 Å². The van der Waals surface area contributed by atoms with Crippen LogP contribution in [0.1, 0.15) is 10.4 Å². The van der Waals surface area contributed by atoms with Crippen LogP contribution in [0.4, 0.5) is 0 Å². The van der Waals surface area contributed by atoms with Crippen molar-refractivity contribution in [3.05, 3.63) is 22.7 Å². The zero-order chi connectivity index (χ0) is 7.56. The number of amides is 1. The second-order valence-corrected chi connectivity index (χ2v) is 2.31. The molecule has 0 aliphatic carbocycles. The summed E-state index contributed by atoms with van der Waals surface area (Å²) < 4.78 is 0.442. The average Bonchev–Trinajstić information content (AvgIpc) is 1.88. The summed E-state index contributed by atoms with van der Waals surface area (Å²) in [6.07, 6.45) is 2.72. The third-order valence-electron chi connectivity index (χ3n) is 0.905. The maximum absolute atomic E-state index is 10.4. The van der Waals surface area contributed by atoms with Crippen LogP contribution in [0, 0.1) is 0 Å². The largest absolute Gasteiger partial charge is 0.366 e. The van der Waals surface area contributed by atoms with E-state index in [1.54, 1.807) is 0 Å². The Morgan fingerprint density at radius 2 is 2.00 bits per heavy atom. The number of primary amides is 1. The SMILES string of the molecule is NC(=O)c1cnc(Br)nc1. The first-order valence-electron chi connectivity index (χ1n) is 2.47. The van der Waals surface area contributed by atoms with Crippen LogP contribution in [0.15, 0.2) is 17.1 Å². The summed E-state index contributed by atoms with van der Waals surface area (Å²) in [5.41, 5.74) is 5.24. The molecule has 0 aromatic carbocycles.